The number of aliphatic hydroxyl groups is 1. The minimum absolute atomic E-state index is 0.00686. The van der Waals surface area contributed by atoms with E-state index in [1.165, 1.54) is 26.2 Å². The first-order valence-electron chi connectivity index (χ1n) is 11.1. The molecule has 1 amide bonds. The summed E-state index contributed by atoms with van der Waals surface area (Å²) in [5, 5.41) is 11.3. The summed E-state index contributed by atoms with van der Waals surface area (Å²) in [6.45, 7) is 2.63. The molecule has 188 valence electrons. The van der Waals surface area contributed by atoms with Crippen molar-refractivity contribution >= 4 is 17.4 Å². The van der Waals surface area contributed by atoms with E-state index < -0.39 is 17.7 Å². The van der Waals surface area contributed by atoms with E-state index in [0.717, 1.165) is 5.56 Å². The molecule has 9 nitrogen and oxygen atoms in total. The number of nitrogens with zero attached hydrogens (tertiary/aromatic N) is 2. The lowest BCUT2D eigenvalue weighted by Gasteiger charge is -2.27. The maximum atomic E-state index is 13.3. The van der Waals surface area contributed by atoms with Crippen LogP contribution in [0.3, 0.4) is 0 Å². The molecule has 1 unspecified atom stereocenters. The van der Waals surface area contributed by atoms with E-state index in [2.05, 4.69) is 0 Å². The molecule has 0 aliphatic carbocycles. The normalized spacial score (nSPS) is 17.1. The zero-order valence-electron chi connectivity index (χ0n) is 21.2. The van der Waals surface area contributed by atoms with Crippen molar-refractivity contribution in [3.05, 3.63) is 52.6 Å². The largest absolute Gasteiger partial charge is 0.507 e. The number of carbonyl (C=O) groups excluding carboxylic acids is 2. The van der Waals surface area contributed by atoms with Crippen molar-refractivity contribution in [2.75, 3.05) is 55.6 Å². The summed E-state index contributed by atoms with van der Waals surface area (Å²) in [6.07, 6.45) is 0. The van der Waals surface area contributed by atoms with Crippen LogP contribution in [0.25, 0.3) is 5.76 Å². The SMILES string of the molecule is COc1ccc(/C(O)=C2/C(=O)C(=O)N(CCN(C)C)C2c2cc(OC)c(OC)c(OC)c2)cc1C. The van der Waals surface area contributed by atoms with Gasteiger partial charge in [0.15, 0.2) is 11.5 Å². The fourth-order valence-corrected chi connectivity index (χ4v) is 4.21. The summed E-state index contributed by atoms with van der Waals surface area (Å²) in [4.78, 5) is 29.8. The van der Waals surface area contributed by atoms with Crippen LogP contribution in [0.15, 0.2) is 35.9 Å². The number of ketones is 1. The Morgan fingerprint density at radius 2 is 1.54 bits per heavy atom. The van der Waals surface area contributed by atoms with Gasteiger partial charge in [-0.2, -0.15) is 0 Å². The van der Waals surface area contributed by atoms with Crippen LogP contribution in [-0.4, -0.2) is 82.2 Å². The molecule has 1 N–H and O–H groups in total. The molecule has 1 fully saturated rings. The van der Waals surface area contributed by atoms with Gasteiger partial charge in [-0.3, -0.25) is 9.59 Å². The Labute approximate surface area is 205 Å². The number of methoxy groups -OCH3 is 4. The fourth-order valence-electron chi connectivity index (χ4n) is 4.21. The summed E-state index contributed by atoms with van der Waals surface area (Å²) in [5.74, 6) is 0.0793. The summed E-state index contributed by atoms with van der Waals surface area (Å²) >= 11 is 0. The van der Waals surface area contributed by atoms with E-state index >= 15 is 0 Å². The molecule has 0 aromatic heterocycles. The highest BCUT2D eigenvalue weighted by atomic mass is 16.5. The highest BCUT2D eigenvalue weighted by Gasteiger charge is 2.46. The molecule has 1 atom stereocenters. The first-order valence-corrected chi connectivity index (χ1v) is 11.1. The molecular formula is C26H32N2O7. The summed E-state index contributed by atoms with van der Waals surface area (Å²) in [7, 11) is 9.79. The molecule has 35 heavy (non-hydrogen) atoms. The van der Waals surface area contributed by atoms with Gasteiger partial charge in [-0.15, -0.1) is 0 Å². The van der Waals surface area contributed by atoms with Crippen LogP contribution in [0.2, 0.25) is 0 Å². The second-order valence-corrected chi connectivity index (χ2v) is 8.44. The Kier molecular flexibility index (Phi) is 7.91. The first kappa shape index (κ1) is 25.9. The number of benzene rings is 2. The number of aliphatic hydroxyl groups excluding tert-OH is 1. The molecule has 1 aliphatic heterocycles. The van der Waals surface area contributed by atoms with Crippen molar-refractivity contribution in [3.8, 4) is 23.0 Å². The minimum atomic E-state index is -0.855. The van der Waals surface area contributed by atoms with E-state index in [1.54, 1.807) is 37.4 Å². The molecule has 2 aromatic carbocycles. The smallest absolute Gasteiger partial charge is 0.295 e. The second-order valence-electron chi connectivity index (χ2n) is 8.44. The predicted octanol–water partition coefficient (Wildman–Crippen LogP) is 3.01. The number of aryl methyl sites for hydroxylation is 1. The van der Waals surface area contributed by atoms with Gasteiger partial charge in [-0.1, -0.05) is 0 Å². The summed E-state index contributed by atoms with van der Waals surface area (Å²) in [5.41, 5.74) is 1.73. The standard InChI is InChI=1S/C26H32N2O7/c1-15-12-16(8-9-18(15)32-4)23(29)21-22(28(11-10-27(2)3)26(31)24(21)30)17-13-19(33-5)25(35-7)20(14-17)34-6/h8-9,12-14,22,29H,10-11H2,1-7H3/b23-21-. The van der Waals surface area contributed by atoms with E-state index in [-0.39, 0.29) is 17.9 Å². The Morgan fingerprint density at radius 3 is 2.03 bits per heavy atom. The average Bonchev–Trinajstić information content (AvgIpc) is 3.10. The van der Waals surface area contributed by atoms with E-state index in [9.17, 15) is 14.7 Å². The second kappa shape index (κ2) is 10.7. The highest BCUT2D eigenvalue weighted by Crippen LogP contribution is 2.45. The topological polar surface area (TPSA) is 97.8 Å². The first-order chi connectivity index (χ1) is 16.7. The van der Waals surface area contributed by atoms with Crippen molar-refractivity contribution in [2.45, 2.75) is 13.0 Å². The number of carbonyl (C=O) groups is 2. The number of rotatable bonds is 9. The zero-order valence-corrected chi connectivity index (χ0v) is 21.2. The van der Waals surface area contributed by atoms with Crippen molar-refractivity contribution in [1.82, 2.24) is 9.80 Å². The van der Waals surface area contributed by atoms with E-state index in [0.29, 0.717) is 40.7 Å². The van der Waals surface area contributed by atoms with Crippen LogP contribution in [-0.2, 0) is 9.59 Å². The molecule has 0 bridgehead atoms. The Balaban J connectivity index is 2.26. The molecular weight excluding hydrogens is 452 g/mol. The quantitative estimate of drug-likeness (QED) is 0.330. The van der Waals surface area contributed by atoms with Gasteiger partial charge in [0.1, 0.15) is 11.5 Å². The molecule has 2 aromatic rings. The minimum Gasteiger partial charge on any atom is -0.507 e. The Bertz CT molecular complexity index is 1130. The molecule has 0 spiro atoms. The number of ether oxygens (including phenoxy) is 4. The number of Topliss-reactive ketones (excluding diaryl/α,β-unsaturated/α-hetero) is 1. The van der Waals surface area contributed by atoms with Crippen molar-refractivity contribution in [3.63, 3.8) is 0 Å². The van der Waals surface area contributed by atoms with Gasteiger partial charge in [-0.25, -0.2) is 0 Å². The third kappa shape index (κ3) is 4.90. The number of likely N-dealkylation sites (N-methyl/N-ethyl adjacent to an activating group) is 1. The maximum Gasteiger partial charge on any atom is 0.295 e. The third-order valence-electron chi connectivity index (χ3n) is 6.00. The van der Waals surface area contributed by atoms with Crippen molar-refractivity contribution in [1.29, 1.82) is 0 Å². The van der Waals surface area contributed by atoms with Crippen LogP contribution in [0, 0.1) is 6.92 Å². The lowest BCUT2D eigenvalue weighted by Crippen LogP contribution is -2.35. The van der Waals surface area contributed by atoms with Crippen LogP contribution in [0.5, 0.6) is 23.0 Å². The molecule has 1 heterocycles. The highest BCUT2D eigenvalue weighted by molar-refractivity contribution is 6.46. The Morgan fingerprint density at radius 1 is 0.943 bits per heavy atom. The van der Waals surface area contributed by atoms with Gasteiger partial charge < -0.3 is 33.9 Å². The van der Waals surface area contributed by atoms with E-state index in [4.69, 9.17) is 18.9 Å². The zero-order chi connectivity index (χ0) is 25.9. The molecule has 1 saturated heterocycles. The van der Waals surface area contributed by atoms with Crippen LogP contribution >= 0.6 is 0 Å². The Hall–Kier alpha value is -3.72. The number of amides is 1. The van der Waals surface area contributed by atoms with Gasteiger partial charge in [0.25, 0.3) is 11.7 Å². The molecule has 9 heteroatoms. The van der Waals surface area contributed by atoms with E-state index in [1.807, 2.05) is 25.9 Å². The van der Waals surface area contributed by atoms with Gasteiger partial charge in [0.05, 0.1) is 40.1 Å². The summed E-state index contributed by atoms with van der Waals surface area (Å²) < 4.78 is 21.7. The number of hydrogen-bond donors (Lipinski definition) is 1. The van der Waals surface area contributed by atoms with Crippen LogP contribution < -0.4 is 18.9 Å². The predicted molar refractivity (Wildman–Crippen MR) is 131 cm³/mol. The summed E-state index contributed by atoms with van der Waals surface area (Å²) in [6, 6.07) is 7.60. The lowest BCUT2D eigenvalue weighted by atomic mass is 9.94. The number of likely N-dealkylation sites (tertiary alicyclic amines) is 1. The average molecular weight is 485 g/mol. The van der Waals surface area contributed by atoms with Crippen LogP contribution in [0.4, 0.5) is 0 Å². The number of hydrogen-bond acceptors (Lipinski definition) is 8. The van der Waals surface area contributed by atoms with Crippen LogP contribution in [0.1, 0.15) is 22.7 Å². The lowest BCUT2D eigenvalue weighted by molar-refractivity contribution is -0.140. The van der Waals surface area contributed by atoms with Crippen molar-refractivity contribution in [2.24, 2.45) is 0 Å². The van der Waals surface area contributed by atoms with Gasteiger partial charge >= 0.3 is 0 Å². The van der Waals surface area contributed by atoms with Gasteiger partial charge in [0, 0.05) is 18.7 Å². The third-order valence-corrected chi connectivity index (χ3v) is 6.00. The van der Waals surface area contributed by atoms with Gasteiger partial charge in [0.2, 0.25) is 5.75 Å². The monoisotopic (exact) mass is 484 g/mol. The fraction of sp³-hybridized carbons (Fsp3) is 0.385. The van der Waals surface area contributed by atoms with Gasteiger partial charge in [-0.05, 0) is 62.5 Å². The molecule has 0 radical (unpaired) electrons. The van der Waals surface area contributed by atoms with Crippen molar-refractivity contribution < 1.29 is 33.6 Å². The molecule has 1 aliphatic rings. The molecule has 0 saturated carbocycles. The maximum absolute atomic E-state index is 13.3. The molecule has 3 rings (SSSR count).